The highest BCUT2D eigenvalue weighted by molar-refractivity contribution is 9.10. The Kier molecular flexibility index (Phi) is 9.98. The van der Waals surface area contributed by atoms with Gasteiger partial charge in [-0.2, -0.15) is 0 Å². The van der Waals surface area contributed by atoms with Crippen LogP contribution in [-0.2, 0) is 9.53 Å². The standard InChI is InChI=1S/C29H30Br2N2O7S/c1-7-38-21-14-18(30)17(13-20(21)36-5)25-24(28(35)40-9-3)15(4)32-29-33(25)27(34)23(41-29)12-16-10-19(31)26(37-6)22(11-16)39-8-2/h10-14,25H,7-9H2,1-6H3/b23-12+/t25-/m1/s1. The van der Waals surface area contributed by atoms with Crippen LogP contribution in [0.25, 0.3) is 6.08 Å². The number of carbonyl (C=O) groups is 1. The Bertz CT molecular complexity index is 1690. The van der Waals surface area contributed by atoms with Crippen molar-refractivity contribution in [3.63, 3.8) is 0 Å². The fraction of sp³-hybridized carbons (Fsp3) is 0.345. The molecule has 0 aliphatic carbocycles. The normalized spacial score (nSPS) is 14.8. The Morgan fingerprint density at radius 2 is 1.68 bits per heavy atom. The van der Waals surface area contributed by atoms with Gasteiger partial charge in [-0.15, -0.1) is 0 Å². The van der Waals surface area contributed by atoms with Crippen molar-refractivity contribution in [1.82, 2.24) is 4.57 Å². The molecule has 0 radical (unpaired) electrons. The van der Waals surface area contributed by atoms with Gasteiger partial charge >= 0.3 is 5.97 Å². The van der Waals surface area contributed by atoms with Gasteiger partial charge in [-0.25, -0.2) is 9.79 Å². The van der Waals surface area contributed by atoms with Crippen LogP contribution in [0, 0.1) is 0 Å². The number of halogens is 2. The monoisotopic (exact) mass is 708 g/mol. The second-order valence-electron chi connectivity index (χ2n) is 8.73. The molecular formula is C29H30Br2N2O7S. The molecule has 218 valence electrons. The van der Waals surface area contributed by atoms with E-state index in [0.29, 0.717) is 65.8 Å². The summed E-state index contributed by atoms with van der Waals surface area (Å²) in [4.78, 5) is 32.4. The van der Waals surface area contributed by atoms with Gasteiger partial charge in [0, 0.05) is 4.47 Å². The summed E-state index contributed by atoms with van der Waals surface area (Å²) in [7, 11) is 3.11. The lowest BCUT2D eigenvalue weighted by atomic mass is 9.95. The zero-order chi connectivity index (χ0) is 29.8. The van der Waals surface area contributed by atoms with Gasteiger partial charge in [-0.05, 0) is 85.1 Å². The van der Waals surface area contributed by atoms with Crippen molar-refractivity contribution in [2.45, 2.75) is 33.7 Å². The van der Waals surface area contributed by atoms with E-state index < -0.39 is 12.0 Å². The molecule has 2 aromatic carbocycles. The van der Waals surface area contributed by atoms with Crippen molar-refractivity contribution in [2.24, 2.45) is 4.99 Å². The Morgan fingerprint density at radius 1 is 0.976 bits per heavy atom. The van der Waals surface area contributed by atoms with E-state index in [2.05, 4.69) is 36.9 Å². The Balaban J connectivity index is 1.98. The predicted molar refractivity (Wildman–Crippen MR) is 164 cm³/mol. The number of esters is 1. The quantitative estimate of drug-likeness (QED) is 0.269. The third-order valence-electron chi connectivity index (χ3n) is 6.23. The van der Waals surface area contributed by atoms with Crippen LogP contribution in [-0.4, -0.2) is 44.6 Å². The molecule has 4 rings (SSSR count). The summed E-state index contributed by atoms with van der Waals surface area (Å²) >= 11 is 8.41. The van der Waals surface area contributed by atoms with Gasteiger partial charge < -0.3 is 23.7 Å². The van der Waals surface area contributed by atoms with E-state index in [1.165, 1.54) is 23.0 Å². The first-order chi connectivity index (χ1) is 19.7. The number of benzene rings is 2. The van der Waals surface area contributed by atoms with Crippen LogP contribution in [0.3, 0.4) is 0 Å². The van der Waals surface area contributed by atoms with E-state index in [9.17, 15) is 9.59 Å². The van der Waals surface area contributed by atoms with Gasteiger partial charge in [-0.1, -0.05) is 27.3 Å². The molecule has 0 unspecified atom stereocenters. The molecule has 12 heteroatoms. The summed E-state index contributed by atoms with van der Waals surface area (Å²) < 4.78 is 31.2. The fourth-order valence-electron chi connectivity index (χ4n) is 4.56. The van der Waals surface area contributed by atoms with Crippen LogP contribution < -0.4 is 33.8 Å². The zero-order valence-electron chi connectivity index (χ0n) is 23.5. The molecule has 0 amide bonds. The minimum atomic E-state index is -0.826. The van der Waals surface area contributed by atoms with Gasteiger partial charge in [0.25, 0.3) is 5.56 Å². The van der Waals surface area contributed by atoms with Crippen molar-refractivity contribution >= 4 is 55.2 Å². The van der Waals surface area contributed by atoms with Crippen molar-refractivity contribution in [2.75, 3.05) is 34.0 Å². The maximum absolute atomic E-state index is 14.1. The topological polar surface area (TPSA) is 97.6 Å². The van der Waals surface area contributed by atoms with Gasteiger partial charge in [0.2, 0.25) is 0 Å². The van der Waals surface area contributed by atoms with Crippen LogP contribution in [0.5, 0.6) is 23.0 Å². The maximum atomic E-state index is 14.1. The molecule has 2 heterocycles. The molecular weight excluding hydrogens is 680 g/mol. The first kappa shape index (κ1) is 30.9. The summed E-state index contributed by atoms with van der Waals surface area (Å²) in [5.74, 6) is 1.57. The second-order valence-corrected chi connectivity index (χ2v) is 11.4. The smallest absolute Gasteiger partial charge is 0.338 e. The molecule has 0 N–H and O–H groups in total. The van der Waals surface area contributed by atoms with E-state index in [1.54, 1.807) is 39.2 Å². The predicted octanol–water partition coefficient (Wildman–Crippen LogP) is 5.14. The van der Waals surface area contributed by atoms with E-state index >= 15 is 0 Å². The highest BCUT2D eigenvalue weighted by Crippen LogP contribution is 2.41. The van der Waals surface area contributed by atoms with Crippen molar-refractivity contribution in [1.29, 1.82) is 0 Å². The number of carbonyl (C=O) groups excluding carboxylic acids is 1. The fourth-order valence-corrected chi connectivity index (χ4v) is 6.77. The number of hydrogen-bond acceptors (Lipinski definition) is 9. The summed E-state index contributed by atoms with van der Waals surface area (Å²) in [6.45, 7) is 8.30. The van der Waals surface area contributed by atoms with Gasteiger partial charge in [0.05, 0.1) is 60.4 Å². The average Bonchev–Trinajstić information content (AvgIpc) is 3.22. The van der Waals surface area contributed by atoms with Crippen LogP contribution in [0.1, 0.15) is 44.9 Å². The van der Waals surface area contributed by atoms with E-state index in [-0.39, 0.29) is 17.7 Å². The van der Waals surface area contributed by atoms with Crippen LogP contribution >= 0.6 is 43.2 Å². The number of allylic oxidation sites excluding steroid dienone is 1. The Morgan fingerprint density at radius 3 is 2.32 bits per heavy atom. The summed E-state index contributed by atoms with van der Waals surface area (Å²) in [5.41, 5.74) is 1.78. The highest BCUT2D eigenvalue weighted by Gasteiger charge is 2.35. The van der Waals surface area contributed by atoms with Gasteiger partial charge in [0.1, 0.15) is 0 Å². The number of hydrogen-bond donors (Lipinski definition) is 0. The molecule has 1 aliphatic heterocycles. The zero-order valence-corrected chi connectivity index (χ0v) is 27.5. The van der Waals surface area contributed by atoms with Crippen LogP contribution in [0.4, 0.5) is 0 Å². The third-order valence-corrected chi connectivity index (χ3v) is 8.49. The lowest BCUT2D eigenvalue weighted by Crippen LogP contribution is -2.40. The largest absolute Gasteiger partial charge is 0.493 e. The molecule has 0 saturated carbocycles. The molecule has 1 aliphatic rings. The van der Waals surface area contributed by atoms with Crippen molar-refractivity contribution in [3.8, 4) is 23.0 Å². The number of fused-ring (bicyclic) bond motifs is 1. The molecule has 9 nitrogen and oxygen atoms in total. The summed E-state index contributed by atoms with van der Waals surface area (Å²) in [5, 5.41) is 0. The van der Waals surface area contributed by atoms with E-state index in [4.69, 9.17) is 23.7 Å². The van der Waals surface area contributed by atoms with Crippen molar-refractivity contribution < 1.29 is 28.5 Å². The minimum Gasteiger partial charge on any atom is -0.493 e. The number of nitrogens with zero attached hydrogens (tertiary/aromatic N) is 2. The molecule has 0 saturated heterocycles. The van der Waals surface area contributed by atoms with Crippen LogP contribution in [0.15, 0.2) is 54.3 Å². The van der Waals surface area contributed by atoms with E-state index in [0.717, 1.165) is 5.56 Å². The Labute approximate surface area is 258 Å². The molecule has 41 heavy (non-hydrogen) atoms. The minimum absolute atomic E-state index is 0.176. The van der Waals surface area contributed by atoms with Gasteiger partial charge in [-0.3, -0.25) is 9.36 Å². The maximum Gasteiger partial charge on any atom is 0.338 e. The summed E-state index contributed by atoms with van der Waals surface area (Å²) in [6.07, 6.45) is 1.77. The molecule has 0 fully saturated rings. The average molecular weight is 710 g/mol. The lowest BCUT2D eigenvalue weighted by molar-refractivity contribution is -0.139. The first-order valence-corrected chi connectivity index (χ1v) is 15.3. The first-order valence-electron chi connectivity index (χ1n) is 12.9. The number of rotatable bonds is 10. The second kappa shape index (κ2) is 13.3. The molecule has 0 bridgehead atoms. The molecule has 1 atom stereocenters. The highest BCUT2D eigenvalue weighted by atomic mass is 79.9. The SMILES string of the molecule is CCOC(=O)C1=C(C)N=c2s/c(=C/c3cc(Br)c(OC)c(OCC)c3)c(=O)n2[C@@H]1c1cc(OC)c(OCC)cc1Br. The van der Waals surface area contributed by atoms with Crippen LogP contribution in [0.2, 0.25) is 0 Å². The lowest BCUT2D eigenvalue weighted by Gasteiger charge is -2.26. The number of ether oxygens (including phenoxy) is 5. The number of methoxy groups -OCH3 is 2. The number of aromatic nitrogens is 1. The molecule has 1 aromatic heterocycles. The molecule has 3 aromatic rings. The van der Waals surface area contributed by atoms with Crippen molar-refractivity contribution in [3.05, 3.63) is 75.3 Å². The van der Waals surface area contributed by atoms with E-state index in [1.807, 2.05) is 26.0 Å². The summed E-state index contributed by atoms with van der Waals surface area (Å²) in [6, 6.07) is 6.37. The van der Waals surface area contributed by atoms with Gasteiger partial charge in [0.15, 0.2) is 27.8 Å². The Hall–Kier alpha value is -3.09. The number of thiazole rings is 1. The third kappa shape index (κ3) is 6.09. The molecule has 0 spiro atoms.